The number of benzene rings is 4. The number of hydrogen-bond donors (Lipinski definition) is 1. The van der Waals surface area contributed by atoms with Gasteiger partial charge in [0.1, 0.15) is 11.6 Å². The molecular weight excluding hydrogens is 425 g/mol. The summed E-state index contributed by atoms with van der Waals surface area (Å²) in [5.74, 6) is -1.81. The lowest BCUT2D eigenvalue weighted by Crippen LogP contribution is -1.94. The average Bonchev–Trinajstić information content (AvgIpc) is 2.85. The number of aliphatic hydroxyl groups excluding tert-OH is 1. The molecule has 0 fully saturated rings. The molecule has 0 aliphatic rings. The van der Waals surface area contributed by atoms with Crippen molar-refractivity contribution in [1.29, 1.82) is 0 Å². The summed E-state index contributed by atoms with van der Waals surface area (Å²) in [7, 11) is 1.48. The van der Waals surface area contributed by atoms with Crippen LogP contribution in [-0.2, 0) is 6.61 Å². The lowest BCUT2D eigenvalue weighted by Gasteiger charge is -2.10. The van der Waals surface area contributed by atoms with Gasteiger partial charge in [0.2, 0.25) is 0 Å². The Kier molecular flexibility index (Phi) is 6.61. The van der Waals surface area contributed by atoms with Crippen LogP contribution in [0, 0.1) is 17.5 Å². The Morgan fingerprint density at radius 2 is 1.30 bits per heavy atom. The fraction of sp³-hybridized carbons (Fsp3) is 0.0714. The van der Waals surface area contributed by atoms with Gasteiger partial charge in [0.15, 0.2) is 11.6 Å². The maximum absolute atomic E-state index is 14.9. The molecule has 4 aromatic carbocycles. The predicted molar refractivity (Wildman–Crippen MR) is 125 cm³/mol. The predicted octanol–water partition coefficient (Wildman–Crippen LogP) is 7.11. The maximum atomic E-state index is 14.9. The van der Waals surface area contributed by atoms with E-state index >= 15 is 0 Å². The number of methoxy groups -OCH3 is 1. The third-order valence-corrected chi connectivity index (χ3v) is 5.41. The molecule has 1 N–H and O–H groups in total. The highest BCUT2D eigenvalue weighted by atomic mass is 19.2. The van der Waals surface area contributed by atoms with Crippen LogP contribution >= 0.6 is 0 Å². The summed E-state index contributed by atoms with van der Waals surface area (Å²) in [5, 5.41) is 9.14. The summed E-state index contributed by atoms with van der Waals surface area (Å²) in [6.07, 6.45) is 3.38. The van der Waals surface area contributed by atoms with Crippen LogP contribution in [-0.4, -0.2) is 12.2 Å². The Morgan fingerprint density at radius 3 is 1.82 bits per heavy atom. The van der Waals surface area contributed by atoms with Crippen molar-refractivity contribution in [2.24, 2.45) is 0 Å². The van der Waals surface area contributed by atoms with Gasteiger partial charge in [0.25, 0.3) is 0 Å². The second-order valence-electron chi connectivity index (χ2n) is 7.49. The molecule has 0 bridgehead atoms. The summed E-state index contributed by atoms with van der Waals surface area (Å²) < 4.78 is 48.8. The Morgan fingerprint density at radius 1 is 0.727 bits per heavy atom. The van der Waals surface area contributed by atoms with Crippen LogP contribution in [0.15, 0.2) is 78.9 Å². The Bertz CT molecular complexity index is 1290. The minimum absolute atomic E-state index is 0.115. The van der Waals surface area contributed by atoms with E-state index in [2.05, 4.69) is 0 Å². The second kappa shape index (κ2) is 9.76. The smallest absolute Gasteiger partial charge is 0.167 e. The lowest BCUT2D eigenvalue weighted by molar-refractivity contribution is 0.282. The first kappa shape index (κ1) is 22.4. The van der Waals surface area contributed by atoms with E-state index in [9.17, 15) is 13.2 Å². The number of rotatable bonds is 6. The van der Waals surface area contributed by atoms with Gasteiger partial charge in [-0.25, -0.2) is 13.2 Å². The maximum Gasteiger partial charge on any atom is 0.167 e. The van der Waals surface area contributed by atoms with E-state index < -0.39 is 17.5 Å². The third kappa shape index (κ3) is 4.83. The van der Waals surface area contributed by atoms with Gasteiger partial charge in [-0.15, -0.1) is 0 Å². The van der Waals surface area contributed by atoms with E-state index in [1.807, 2.05) is 0 Å². The Hall–Kier alpha value is -3.83. The first-order valence-electron chi connectivity index (χ1n) is 10.3. The van der Waals surface area contributed by atoms with Crippen molar-refractivity contribution in [3.05, 3.63) is 113 Å². The molecule has 0 radical (unpaired) electrons. The molecular formula is C28H21F3O2. The zero-order valence-corrected chi connectivity index (χ0v) is 17.9. The van der Waals surface area contributed by atoms with Crippen molar-refractivity contribution < 1.29 is 23.0 Å². The van der Waals surface area contributed by atoms with E-state index in [1.165, 1.54) is 13.2 Å². The first-order chi connectivity index (χ1) is 16.0. The normalized spacial score (nSPS) is 11.2. The van der Waals surface area contributed by atoms with Crippen LogP contribution in [0.4, 0.5) is 13.2 Å². The molecule has 0 spiro atoms. The number of halogens is 3. The van der Waals surface area contributed by atoms with Crippen LogP contribution in [0.2, 0.25) is 0 Å². The summed E-state index contributed by atoms with van der Waals surface area (Å²) >= 11 is 0. The molecule has 0 aromatic heterocycles. The summed E-state index contributed by atoms with van der Waals surface area (Å²) in [5.41, 5.74) is 3.26. The zero-order valence-electron chi connectivity index (χ0n) is 17.9. The van der Waals surface area contributed by atoms with E-state index in [4.69, 9.17) is 9.84 Å². The number of hydrogen-bond acceptors (Lipinski definition) is 2. The van der Waals surface area contributed by atoms with Crippen molar-refractivity contribution in [3.8, 4) is 28.0 Å². The van der Waals surface area contributed by atoms with Crippen molar-refractivity contribution in [2.75, 3.05) is 7.11 Å². The van der Waals surface area contributed by atoms with Gasteiger partial charge < -0.3 is 9.84 Å². The standard InChI is InChI=1S/C28H21F3O2/c1-33-23-13-12-22(26(29)16-23)11-4-18-2-7-20(8-3-18)24-14-15-25(28(31)27(24)30)21-9-5-19(17-32)6-10-21/h2-16,32H,17H2,1H3. The van der Waals surface area contributed by atoms with Gasteiger partial charge >= 0.3 is 0 Å². The summed E-state index contributed by atoms with van der Waals surface area (Å²) in [4.78, 5) is 0. The van der Waals surface area contributed by atoms with Gasteiger partial charge in [-0.1, -0.05) is 72.8 Å². The van der Waals surface area contributed by atoms with Crippen molar-refractivity contribution in [2.45, 2.75) is 6.61 Å². The lowest BCUT2D eigenvalue weighted by atomic mass is 9.97. The van der Waals surface area contributed by atoms with Crippen molar-refractivity contribution in [3.63, 3.8) is 0 Å². The molecule has 0 aliphatic heterocycles. The van der Waals surface area contributed by atoms with E-state index in [-0.39, 0.29) is 17.7 Å². The van der Waals surface area contributed by atoms with Gasteiger partial charge in [-0.3, -0.25) is 0 Å². The molecule has 5 heteroatoms. The molecule has 33 heavy (non-hydrogen) atoms. The van der Waals surface area contributed by atoms with E-state index in [0.29, 0.717) is 28.0 Å². The average molecular weight is 446 g/mol. The highest BCUT2D eigenvalue weighted by Crippen LogP contribution is 2.32. The quantitative estimate of drug-likeness (QED) is 0.320. The monoisotopic (exact) mass is 446 g/mol. The van der Waals surface area contributed by atoms with Gasteiger partial charge in [0.05, 0.1) is 13.7 Å². The molecule has 0 amide bonds. The minimum Gasteiger partial charge on any atom is -0.497 e. The molecule has 0 unspecified atom stereocenters. The van der Waals surface area contributed by atoms with Gasteiger partial charge in [-0.2, -0.15) is 0 Å². The van der Waals surface area contributed by atoms with Crippen LogP contribution in [0.5, 0.6) is 5.75 Å². The van der Waals surface area contributed by atoms with Crippen molar-refractivity contribution >= 4 is 12.2 Å². The zero-order chi connectivity index (χ0) is 23.4. The molecule has 4 aromatic rings. The topological polar surface area (TPSA) is 29.5 Å². The van der Waals surface area contributed by atoms with Crippen LogP contribution in [0.1, 0.15) is 16.7 Å². The van der Waals surface area contributed by atoms with Gasteiger partial charge in [-0.05, 0) is 34.4 Å². The SMILES string of the molecule is COc1ccc(C=Cc2ccc(-c3ccc(-c4ccc(CO)cc4)c(F)c3F)cc2)c(F)c1. The number of aliphatic hydroxyl groups is 1. The fourth-order valence-electron chi connectivity index (χ4n) is 3.51. The van der Waals surface area contributed by atoms with Crippen LogP contribution in [0.25, 0.3) is 34.4 Å². The van der Waals surface area contributed by atoms with Crippen LogP contribution in [0.3, 0.4) is 0 Å². The highest BCUT2D eigenvalue weighted by molar-refractivity contribution is 5.75. The molecule has 2 nitrogen and oxygen atoms in total. The molecule has 0 saturated carbocycles. The third-order valence-electron chi connectivity index (χ3n) is 5.41. The fourth-order valence-corrected chi connectivity index (χ4v) is 3.51. The van der Waals surface area contributed by atoms with Crippen LogP contribution < -0.4 is 4.74 Å². The number of ether oxygens (including phenoxy) is 1. The van der Waals surface area contributed by atoms with Crippen molar-refractivity contribution in [1.82, 2.24) is 0 Å². The Balaban J connectivity index is 1.56. The molecule has 166 valence electrons. The summed E-state index contributed by atoms with van der Waals surface area (Å²) in [6, 6.07) is 21.2. The van der Waals surface area contributed by atoms with E-state index in [0.717, 1.165) is 5.56 Å². The second-order valence-corrected chi connectivity index (χ2v) is 7.49. The minimum atomic E-state index is -0.928. The Labute approximate surface area is 190 Å². The molecule has 0 atom stereocenters. The first-order valence-corrected chi connectivity index (χ1v) is 10.3. The van der Waals surface area contributed by atoms with Gasteiger partial charge in [0, 0.05) is 22.8 Å². The molecule has 4 rings (SSSR count). The molecule has 0 heterocycles. The largest absolute Gasteiger partial charge is 0.497 e. The molecule has 0 saturated heterocycles. The molecule has 0 aliphatic carbocycles. The van der Waals surface area contributed by atoms with E-state index in [1.54, 1.807) is 84.9 Å². The summed E-state index contributed by atoms with van der Waals surface area (Å²) in [6.45, 7) is -0.115. The highest BCUT2D eigenvalue weighted by Gasteiger charge is 2.16.